The van der Waals surface area contributed by atoms with Crippen molar-refractivity contribution in [2.75, 3.05) is 13.7 Å². The lowest BCUT2D eigenvalue weighted by Gasteiger charge is -2.21. The van der Waals surface area contributed by atoms with Crippen LogP contribution in [-0.4, -0.2) is 41.4 Å². The highest BCUT2D eigenvalue weighted by molar-refractivity contribution is 9.12. The first-order chi connectivity index (χ1) is 10.9. The predicted molar refractivity (Wildman–Crippen MR) is 86.8 cm³/mol. The van der Waals surface area contributed by atoms with E-state index in [1.807, 2.05) is 0 Å². The Labute approximate surface area is 141 Å². The molecule has 2 rings (SSSR count). The number of aromatic hydroxyl groups is 1. The van der Waals surface area contributed by atoms with Crippen molar-refractivity contribution in [2.24, 2.45) is 0 Å². The number of phenolic OH excluding ortho intramolecular Hbond substituents is 1. The summed E-state index contributed by atoms with van der Waals surface area (Å²) in [6.45, 7) is 0.320. The highest BCUT2D eigenvalue weighted by Gasteiger charge is 2.24. The molecular formula is C16H14BrNO5. The number of carbonyl (C=O) groups excluding carboxylic acids is 3. The average molecular weight is 380 g/mol. The molecule has 1 aromatic carbocycles. The highest BCUT2D eigenvalue weighted by Crippen LogP contribution is 2.21. The number of imide groups is 1. The van der Waals surface area contributed by atoms with Crippen LogP contribution >= 0.6 is 15.9 Å². The number of benzene rings is 1. The molecule has 1 N–H and O–H groups in total. The van der Waals surface area contributed by atoms with Crippen molar-refractivity contribution in [3.63, 3.8) is 0 Å². The van der Waals surface area contributed by atoms with Crippen LogP contribution < -0.4 is 0 Å². The summed E-state index contributed by atoms with van der Waals surface area (Å²) in [5.41, 5.74) is 0.525. The minimum atomic E-state index is -0.677. The van der Waals surface area contributed by atoms with Gasteiger partial charge in [0, 0.05) is 12.6 Å². The smallest absolute Gasteiger partial charge is 0.341 e. The van der Waals surface area contributed by atoms with Crippen LogP contribution in [0.15, 0.2) is 34.8 Å². The number of ether oxygens (including phenoxy) is 1. The van der Waals surface area contributed by atoms with Gasteiger partial charge in [-0.2, -0.15) is 0 Å². The first-order valence-corrected chi connectivity index (χ1v) is 7.54. The highest BCUT2D eigenvalue weighted by atomic mass is 79.9. The summed E-state index contributed by atoms with van der Waals surface area (Å²) in [6, 6.07) is 4.28. The average Bonchev–Trinajstić information content (AvgIpc) is 2.55. The van der Waals surface area contributed by atoms with Gasteiger partial charge in [0.05, 0.1) is 11.6 Å². The summed E-state index contributed by atoms with van der Waals surface area (Å²) in [4.78, 5) is 36.6. The summed E-state index contributed by atoms with van der Waals surface area (Å²) in [5.74, 6) is -1.72. The first kappa shape index (κ1) is 17.0. The van der Waals surface area contributed by atoms with Gasteiger partial charge in [-0.05, 0) is 46.1 Å². The largest absolute Gasteiger partial charge is 0.507 e. The molecule has 0 saturated heterocycles. The number of rotatable bonds is 3. The number of hydrogen-bond acceptors (Lipinski definition) is 5. The predicted octanol–water partition coefficient (Wildman–Crippen LogP) is 2.23. The lowest BCUT2D eigenvalue weighted by Crippen LogP contribution is -2.38. The third kappa shape index (κ3) is 3.87. The number of amides is 2. The van der Waals surface area contributed by atoms with Crippen molar-refractivity contribution in [1.82, 2.24) is 4.90 Å². The van der Waals surface area contributed by atoms with Crippen LogP contribution in [0, 0.1) is 0 Å². The number of methoxy groups -OCH3 is 1. The van der Waals surface area contributed by atoms with Gasteiger partial charge in [0.1, 0.15) is 11.3 Å². The summed E-state index contributed by atoms with van der Waals surface area (Å²) in [6.07, 6.45) is 5.03. The molecule has 7 heteroatoms. The second kappa shape index (κ2) is 7.23. The van der Waals surface area contributed by atoms with E-state index < -0.39 is 11.9 Å². The molecular weight excluding hydrogens is 366 g/mol. The Morgan fingerprint density at radius 2 is 2.13 bits per heavy atom. The van der Waals surface area contributed by atoms with Crippen LogP contribution in [0.25, 0.3) is 6.08 Å². The standard InChI is InChI=1S/C16H14BrNO5/c1-23-16(22)11-9-10(4-6-13(11)19)5-7-14(20)18-8-2-3-12(17)15(18)21/h3-7,9,19H,2,8H2,1H3/b7-5+. The number of nitrogens with zero attached hydrogens (tertiary/aromatic N) is 1. The molecule has 0 saturated carbocycles. The van der Waals surface area contributed by atoms with Gasteiger partial charge in [0.15, 0.2) is 0 Å². The lowest BCUT2D eigenvalue weighted by atomic mass is 10.1. The molecule has 0 bridgehead atoms. The van der Waals surface area contributed by atoms with Gasteiger partial charge in [-0.25, -0.2) is 4.79 Å². The molecule has 0 unspecified atom stereocenters. The summed E-state index contributed by atoms with van der Waals surface area (Å²) >= 11 is 3.11. The van der Waals surface area contributed by atoms with Gasteiger partial charge < -0.3 is 9.84 Å². The SMILES string of the molecule is COC(=O)c1cc(/C=C/C(=O)N2CCC=C(Br)C2=O)ccc1O. The van der Waals surface area contributed by atoms with Crippen molar-refractivity contribution >= 4 is 39.8 Å². The fourth-order valence-corrected chi connectivity index (χ4v) is 2.48. The Bertz CT molecular complexity index is 723. The van der Waals surface area contributed by atoms with Gasteiger partial charge in [0.2, 0.25) is 0 Å². The van der Waals surface area contributed by atoms with E-state index in [9.17, 15) is 19.5 Å². The Morgan fingerprint density at radius 3 is 2.83 bits per heavy atom. The Balaban J connectivity index is 2.17. The van der Waals surface area contributed by atoms with E-state index >= 15 is 0 Å². The molecule has 1 aliphatic heterocycles. The molecule has 0 aromatic heterocycles. The summed E-state index contributed by atoms with van der Waals surface area (Å²) in [7, 11) is 1.21. The minimum Gasteiger partial charge on any atom is -0.507 e. The first-order valence-electron chi connectivity index (χ1n) is 6.75. The van der Waals surface area contributed by atoms with E-state index in [0.29, 0.717) is 23.0 Å². The van der Waals surface area contributed by atoms with E-state index in [-0.39, 0.29) is 17.2 Å². The van der Waals surface area contributed by atoms with E-state index in [2.05, 4.69) is 20.7 Å². The lowest BCUT2D eigenvalue weighted by molar-refractivity contribution is -0.139. The number of carbonyl (C=O) groups is 3. The molecule has 0 aliphatic carbocycles. The molecule has 1 aliphatic rings. The topological polar surface area (TPSA) is 83.9 Å². The molecule has 6 nitrogen and oxygen atoms in total. The van der Waals surface area contributed by atoms with Gasteiger partial charge in [0.25, 0.3) is 11.8 Å². The Hall–Kier alpha value is -2.41. The molecule has 23 heavy (non-hydrogen) atoms. The third-order valence-electron chi connectivity index (χ3n) is 3.24. The van der Waals surface area contributed by atoms with Crippen LogP contribution in [0.3, 0.4) is 0 Å². The number of hydrogen-bond donors (Lipinski definition) is 1. The maximum atomic E-state index is 12.1. The molecule has 0 fully saturated rings. The van der Waals surface area contributed by atoms with E-state index in [1.54, 1.807) is 12.1 Å². The molecule has 1 aromatic rings. The van der Waals surface area contributed by atoms with Crippen LogP contribution in [0.5, 0.6) is 5.75 Å². The Kier molecular flexibility index (Phi) is 5.33. The van der Waals surface area contributed by atoms with Gasteiger partial charge >= 0.3 is 5.97 Å². The molecule has 0 atom stereocenters. The third-order valence-corrected chi connectivity index (χ3v) is 3.90. The zero-order valence-electron chi connectivity index (χ0n) is 12.3. The van der Waals surface area contributed by atoms with Crippen molar-refractivity contribution < 1.29 is 24.2 Å². The summed E-state index contributed by atoms with van der Waals surface area (Å²) in [5, 5.41) is 9.63. The normalized spacial score (nSPS) is 14.8. The molecule has 2 amide bonds. The van der Waals surface area contributed by atoms with Crippen LogP contribution in [-0.2, 0) is 14.3 Å². The fourth-order valence-electron chi connectivity index (χ4n) is 2.04. The van der Waals surface area contributed by atoms with E-state index in [0.717, 1.165) is 4.90 Å². The second-order valence-electron chi connectivity index (χ2n) is 4.74. The molecule has 0 spiro atoms. The van der Waals surface area contributed by atoms with Crippen LogP contribution in [0.4, 0.5) is 0 Å². The van der Waals surface area contributed by atoms with Crippen molar-refractivity contribution in [2.45, 2.75) is 6.42 Å². The van der Waals surface area contributed by atoms with Crippen molar-refractivity contribution in [1.29, 1.82) is 0 Å². The second-order valence-corrected chi connectivity index (χ2v) is 5.59. The zero-order valence-corrected chi connectivity index (χ0v) is 13.9. The van der Waals surface area contributed by atoms with Gasteiger partial charge in [-0.1, -0.05) is 12.1 Å². The van der Waals surface area contributed by atoms with Crippen LogP contribution in [0.2, 0.25) is 0 Å². The van der Waals surface area contributed by atoms with Gasteiger partial charge in [-0.3, -0.25) is 14.5 Å². The molecule has 120 valence electrons. The maximum absolute atomic E-state index is 12.1. The fraction of sp³-hybridized carbons (Fsp3) is 0.188. The molecule has 0 radical (unpaired) electrons. The minimum absolute atomic E-state index is 0.00169. The monoisotopic (exact) mass is 379 g/mol. The van der Waals surface area contributed by atoms with Crippen molar-refractivity contribution in [3.05, 3.63) is 46.0 Å². The summed E-state index contributed by atoms with van der Waals surface area (Å²) < 4.78 is 4.93. The van der Waals surface area contributed by atoms with Gasteiger partial charge in [-0.15, -0.1) is 0 Å². The van der Waals surface area contributed by atoms with E-state index in [4.69, 9.17) is 0 Å². The number of halogens is 1. The maximum Gasteiger partial charge on any atom is 0.341 e. The van der Waals surface area contributed by atoms with E-state index in [1.165, 1.54) is 31.4 Å². The quantitative estimate of drug-likeness (QED) is 0.642. The van der Waals surface area contributed by atoms with Crippen molar-refractivity contribution in [3.8, 4) is 5.75 Å². The zero-order chi connectivity index (χ0) is 17.0. The molecule has 1 heterocycles. The van der Waals surface area contributed by atoms with Crippen LogP contribution in [0.1, 0.15) is 22.3 Å². The Morgan fingerprint density at radius 1 is 1.39 bits per heavy atom. The number of phenols is 1. The number of esters is 1.